The molecule has 0 radical (unpaired) electrons. The maximum absolute atomic E-state index is 13.0. The fourth-order valence-electron chi connectivity index (χ4n) is 3.32. The van der Waals surface area contributed by atoms with Crippen LogP contribution in [0.25, 0.3) is 0 Å². The average molecular weight is 384 g/mol. The van der Waals surface area contributed by atoms with Crippen molar-refractivity contribution in [2.75, 3.05) is 13.2 Å². The van der Waals surface area contributed by atoms with Crippen LogP contribution >= 0.6 is 0 Å². The van der Waals surface area contributed by atoms with Gasteiger partial charge >= 0.3 is 0 Å². The number of hydrogen-bond acceptors (Lipinski definition) is 5. The van der Waals surface area contributed by atoms with Gasteiger partial charge in [-0.2, -0.15) is 0 Å². The minimum atomic E-state index is -0.307. The highest BCUT2D eigenvalue weighted by molar-refractivity contribution is 5.93. The van der Waals surface area contributed by atoms with Gasteiger partial charge in [-0.25, -0.2) is 9.07 Å². The summed E-state index contributed by atoms with van der Waals surface area (Å²) in [6.07, 6.45) is 3.35. The number of rotatable bonds is 5. The number of nitrogens with zero attached hydrogens (tertiary/aromatic N) is 4. The Balaban J connectivity index is 1.40. The first kappa shape index (κ1) is 18.2. The first-order valence-electron chi connectivity index (χ1n) is 9.25. The fraction of sp³-hybridized carbons (Fsp3) is 0.350. The Labute approximate surface area is 161 Å². The Morgan fingerprint density at radius 1 is 1.29 bits per heavy atom. The fourth-order valence-corrected chi connectivity index (χ4v) is 3.32. The van der Waals surface area contributed by atoms with Gasteiger partial charge in [0, 0.05) is 25.1 Å². The van der Waals surface area contributed by atoms with Gasteiger partial charge in [0.15, 0.2) is 5.69 Å². The Hall–Kier alpha value is -3.16. The van der Waals surface area contributed by atoms with Crippen LogP contribution in [-0.2, 0) is 19.5 Å². The van der Waals surface area contributed by atoms with E-state index < -0.39 is 0 Å². The lowest BCUT2D eigenvalue weighted by Gasteiger charge is -2.19. The van der Waals surface area contributed by atoms with E-state index in [1.165, 1.54) is 12.1 Å². The molecule has 28 heavy (non-hydrogen) atoms. The molecule has 0 N–H and O–H groups in total. The summed E-state index contributed by atoms with van der Waals surface area (Å²) in [6.45, 7) is 3.78. The molecule has 2 aromatic heterocycles. The molecular formula is C20H21FN4O3. The SMILES string of the molecule is Cc1c(C(=O)N2CCCc3occc3C2)nnn1CCOc1ccc(F)cc1. The normalized spacial score (nSPS) is 13.9. The van der Waals surface area contributed by atoms with E-state index in [0.717, 1.165) is 24.2 Å². The van der Waals surface area contributed by atoms with Crippen LogP contribution in [0.3, 0.4) is 0 Å². The molecule has 4 rings (SSSR count). The molecule has 0 fully saturated rings. The van der Waals surface area contributed by atoms with Gasteiger partial charge in [-0.05, 0) is 43.7 Å². The van der Waals surface area contributed by atoms with Crippen molar-refractivity contribution in [3.8, 4) is 5.75 Å². The molecule has 1 amide bonds. The van der Waals surface area contributed by atoms with E-state index in [9.17, 15) is 9.18 Å². The minimum absolute atomic E-state index is 0.128. The molecule has 0 saturated heterocycles. The van der Waals surface area contributed by atoms with E-state index in [2.05, 4.69) is 10.3 Å². The van der Waals surface area contributed by atoms with Crippen molar-refractivity contribution in [2.45, 2.75) is 32.9 Å². The summed E-state index contributed by atoms with van der Waals surface area (Å²) in [5.74, 6) is 1.10. The Bertz CT molecular complexity index is 964. The van der Waals surface area contributed by atoms with E-state index in [1.54, 1.807) is 28.0 Å². The lowest BCUT2D eigenvalue weighted by molar-refractivity contribution is 0.0739. The first-order valence-corrected chi connectivity index (χ1v) is 9.25. The molecule has 0 aliphatic carbocycles. The van der Waals surface area contributed by atoms with Gasteiger partial charge in [-0.3, -0.25) is 4.79 Å². The molecule has 3 heterocycles. The maximum Gasteiger partial charge on any atom is 0.276 e. The number of fused-ring (bicyclic) bond motifs is 1. The van der Waals surface area contributed by atoms with Crippen LogP contribution in [0.2, 0.25) is 0 Å². The molecule has 0 saturated carbocycles. The predicted molar refractivity (Wildman–Crippen MR) is 98.4 cm³/mol. The zero-order valence-corrected chi connectivity index (χ0v) is 15.6. The summed E-state index contributed by atoms with van der Waals surface area (Å²) < 4.78 is 25.7. The van der Waals surface area contributed by atoms with E-state index >= 15 is 0 Å². The van der Waals surface area contributed by atoms with Crippen molar-refractivity contribution < 1.29 is 18.3 Å². The van der Waals surface area contributed by atoms with Crippen LogP contribution in [0.4, 0.5) is 4.39 Å². The van der Waals surface area contributed by atoms with Crippen LogP contribution < -0.4 is 4.74 Å². The number of benzene rings is 1. The Morgan fingerprint density at radius 2 is 2.11 bits per heavy atom. The third-order valence-corrected chi connectivity index (χ3v) is 4.89. The molecular weight excluding hydrogens is 363 g/mol. The van der Waals surface area contributed by atoms with Crippen molar-refractivity contribution in [1.82, 2.24) is 19.9 Å². The monoisotopic (exact) mass is 384 g/mol. The molecule has 1 aliphatic rings. The van der Waals surface area contributed by atoms with Crippen molar-refractivity contribution >= 4 is 5.91 Å². The lowest BCUT2D eigenvalue weighted by Crippen LogP contribution is -2.31. The summed E-state index contributed by atoms with van der Waals surface area (Å²) in [5.41, 5.74) is 2.10. The highest BCUT2D eigenvalue weighted by atomic mass is 19.1. The number of aromatic nitrogens is 3. The average Bonchev–Trinajstić information content (AvgIpc) is 3.23. The third kappa shape index (κ3) is 3.76. The van der Waals surface area contributed by atoms with Gasteiger partial charge in [0.05, 0.1) is 18.5 Å². The molecule has 0 atom stereocenters. The van der Waals surface area contributed by atoms with Crippen molar-refractivity contribution in [3.63, 3.8) is 0 Å². The Morgan fingerprint density at radius 3 is 2.93 bits per heavy atom. The second-order valence-electron chi connectivity index (χ2n) is 6.75. The standard InChI is InChI=1S/C20H21FN4O3/c1-14-19(20(26)24-9-2-3-18-15(13-24)8-11-28-18)22-23-25(14)10-12-27-17-6-4-16(21)5-7-17/h4-8,11H,2-3,9-10,12-13H2,1H3. The molecule has 8 heteroatoms. The number of aryl methyl sites for hydroxylation is 1. The van der Waals surface area contributed by atoms with Crippen molar-refractivity contribution in [2.24, 2.45) is 0 Å². The van der Waals surface area contributed by atoms with E-state index in [0.29, 0.717) is 43.4 Å². The minimum Gasteiger partial charge on any atom is -0.492 e. The number of halogens is 1. The quantitative estimate of drug-likeness (QED) is 0.676. The highest BCUT2D eigenvalue weighted by Gasteiger charge is 2.25. The number of carbonyl (C=O) groups excluding carboxylic acids is 1. The third-order valence-electron chi connectivity index (χ3n) is 4.89. The molecule has 0 unspecified atom stereocenters. The van der Waals surface area contributed by atoms with Crippen LogP contribution in [0.15, 0.2) is 41.0 Å². The van der Waals surface area contributed by atoms with E-state index in [4.69, 9.17) is 9.15 Å². The highest BCUT2D eigenvalue weighted by Crippen LogP contribution is 2.21. The maximum atomic E-state index is 13.0. The van der Waals surface area contributed by atoms with Crippen LogP contribution in [-0.4, -0.2) is 39.0 Å². The summed E-state index contributed by atoms with van der Waals surface area (Å²) >= 11 is 0. The smallest absolute Gasteiger partial charge is 0.276 e. The number of ether oxygens (including phenoxy) is 1. The van der Waals surface area contributed by atoms with Crippen molar-refractivity contribution in [1.29, 1.82) is 0 Å². The van der Waals surface area contributed by atoms with Gasteiger partial charge in [-0.1, -0.05) is 5.21 Å². The second-order valence-corrected chi connectivity index (χ2v) is 6.75. The summed E-state index contributed by atoms with van der Waals surface area (Å²) in [5, 5.41) is 8.19. The summed E-state index contributed by atoms with van der Waals surface area (Å²) in [6, 6.07) is 7.75. The molecule has 0 bridgehead atoms. The molecule has 7 nitrogen and oxygen atoms in total. The largest absolute Gasteiger partial charge is 0.492 e. The molecule has 1 aromatic carbocycles. The van der Waals surface area contributed by atoms with Crippen LogP contribution in [0.1, 0.15) is 33.9 Å². The second kappa shape index (κ2) is 7.84. The summed E-state index contributed by atoms with van der Waals surface area (Å²) in [7, 11) is 0. The van der Waals surface area contributed by atoms with Gasteiger partial charge < -0.3 is 14.1 Å². The summed E-state index contributed by atoms with van der Waals surface area (Å²) in [4.78, 5) is 14.7. The van der Waals surface area contributed by atoms with Crippen LogP contribution in [0, 0.1) is 12.7 Å². The molecule has 146 valence electrons. The lowest BCUT2D eigenvalue weighted by atomic mass is 10.2. The molecule has 0 spiro atoms. The van der Waals surface area contributed by atoms with Gasteiger partial charge in [0.2, 0.25) is 0 Å². The van der Waals surface area contributed by atoms with Gasteiger partial charge in [0.25, 0.3) is 5.91 Å². The zero-order chi connectivity index (χ0) is 19.5. The molecule has 3 aromatic rings. The zero-order valence-electron chi connectivity index (χ0n) is 15.6. The first-order chi connectivity index (χ1) is 13.6. The van der Waals surface area contributed by atoms with Crippen molar-refractivity contribution in [3.05, 3.63) is 65.1 Å². The number of carbonyl (C=O) groups is 1. The molecule has 1 aliphatic heterocycles. The Kier molecular flexibility index (Phi) is 5.10. The van der Waals surface area contributed by atoms with Gasteiger partial charge in [0.1, 0.15) is 23.9 Å². The predicted octanol–water partition coefficient (Wildman–Crippen LogP) is 2.99. The van der Waals surface area contributed by atoms with Crippen LogP contribution in [0.5, 0.6) is 5.75 Å². The van der Waals surface area contributed by atoms with E-state index in [-0.39, 0.29) is 11.7 Å². The van der Waals surface area contributed by atoms with Gasteiger partial charge in [-0.15, -0.1) is 5.10 Å². The number of furan rings is 1. The van der Waals surface area contributed by atoms with E-state index in [1.807, 2.05) is 13.0 Å². The number of hydrogen-bond donors (Lipinski definition) is 0. The topological polar surface area (TPSA) is 73.4 Å². The number of amides is 1.